The first-order chi connectivity index (χ1) is 15.7. The third-order valence-electron chi connectivity index (χ3n) is 12.3. The molecule has 0 radical (unpaired) electrons. The summed E-state index contributed by atoms with van der Waals surface area (Å²) in [5.74, 6) is 2.84. The molecule has 2 nitrogen and oxygen atoms in total. The summed E-state index contributed by atoms with van der Waals surface area (Å²) in [6.45, 7) is 23.6. The van der Waals surface area contributed by atoms with Crippen LogP contribution in [0.2, 0.25) is 0 Å². The summed E-state index contributed by atoms with van der Waals surface area (Å²) in [5.41, 5.74) is 5.54. The van der Waals surface area contributed by atoms with Gasteiger partial charge in [0.05, 0.1) is 6.10 Å². The van der Waals surface area contributed by atoms with Crippen LogP contribution in [0.4, 0.5) is 0 Å². The lowest BCUT2D eigenvalue weighted by Crippen LogP contribution is -2.54. The van der Waals surface area contributed by atoms with Gasteiger partial charge in [-0.05, 0) is 96.9 Å². The molecule has 0 aromatic carbocycles. The normalized spacial score (nSPS) is 41.1. The fraction of sp³-hybridized carbons (Fsp3) is 0.844. The van der Waals surface area contributed by atoms with Crippen LogP contribution in [0.3, 0.4) is 0 Å². The van der Waals surface area contributed by atoms with Gasteiger partial charge in [0.15, 0.2) is 0 Å². The lowest BCUT2D eigenvalue weighted by molar-refractivity contribution is -0.139. The van der Waals surface area contributed by atoms with Gasteiger partial charge in [-0.3, -0.25) is 4.79 Å². The van der Waals surface area contributed by atoms with Gasteiger partial charge in [-0.15, -0.1) is 0 Å². The molecule has 0 bridgehead atoms. The molecule has 4 aliphatic rings. The van der Waals surface area contributed by atoms with Gasteiger partial charge in [0.2, 0.25) is 0 Å². The summed E-state index contributed by atoms with van der Waals surface area (Å²) < 4.78 is 5.95. The van der Waals surface area contributed by atoms with E-state index in [1.165, 1.54) is 44.1 Å². The Morgan fingerprint density at radius 1 is 0.971 bits per heavy atom. The maximum absolute atomic E-state index is 12.9. The molecule has 34 heavy (non-hydrogen) atoms. The molecule has 0 heterocycles. The van der Waals surface area contributed by atoms with Gasteiger partial charge in [0.1, 0.15) is 5.78 Å². The molecule has 0 aliphatic heterocycles. The molecule has 0 aromatic heterocycles. The standard InChI is InChI=1S/C32H52O2/c1-20(2)22(4)26(34-10)19-21(3)23-13-17-32(9)25-11-12-27-29(5,6)28(33)15-16-30(27,7)24(25)14-18-31(23,32)8/h20-21,23,26-27H,4,11-19H2,1-3,5-10H3/t21-,23-,26+,27+,30-,31-,32+/m1/s1. The Labute approximate surface area is 210 Å². The van der Waals surface area contributed by atoms with E-state index in [0.717, 1.165) is 25.2 Å². The van der Waals surface area contributed by atoms with E-state index in [9.17, 15) is 4.79 Å². The molecule has 0 unspecified atom stereocenters. The highest BCUT2D eigenvalue weighted by atomic mass is 16.5. The minimum atomic E-state index is -0.173. The SMILES string of the molecule is C=C(C(C)C)[C@H](C[C@@H](C)[C@H]1CC[C@@]2(C)C3=C(CC[C@]12C)[C@@]1(C)CCC(=O)C(C)(C)[C@@H]1CC3)OC. The van der Waals surface area contributed by atoms with Crippen molar-refractivity contribution in [3.05, 3.63) is 23.3 Å². The van der Waals surface area contributed by atoms with Gasteiger partial charge >= 0.3 is 0 Å². The minimum absolute atomic E-state index is 0.167. The third-order valence-corrected chi connectivity index (χ3v) is 12.3. The largest absolute Gasteiger partial charge is 0.377 e. The monoisotopic (exact) mass is 468 g/mol. The highest BCUT2D eigenvalue weighted by molar-refractivity contribution is 5.85. The summed E-state index contributed by atoms with van der Waals surface area (Å²) >= 11 is 0. The third kappa shape index (κ3) is 3.55. The quantitative estimate of drug-likeness (QED) is 0.365. The van der Waals surface area contributed by atoms with Crippen molar-refractivity contribution in [1.82, 2.24) is 0 Å². The molecule has 0 spiro atoms. The second kappa shape index (κ2) is 8.60. The molecule has 0 saturated heterocycles. The predicted molar refractivity (Wildman–Crippen MR) is 143 cm³/mol. The van der Waals surface area contributed by atoms with Crippen molar-refractivity contribution in [2.45, 2.75) is 119 Å². The van der Waals surface area contributed by atoms with Crippen LogP contribution in [-0.2, 0) is 9.53 Å². The zero-order chi connectivity index (χ0) is 25.3. The smallest absolute Gasteiger partial charge is 0.138 e. The zero-order valence-electron chi connectivity index (χ0n) is 23.8. The van der Waals surface area contributed by atoms with E-state index in [1.54, 1.807) is 5.57 Å². The molecular formula is C32H52O2. The number of hydrogen-bond acceptors (Lipinski definition) is 2. The Bertz CT molecular complexity index is 877. The highest BCUT2D eigenvalue weighted by Crippen LogP contribution is 2.72. The van der Waals surface area contributed by atoms with Crippen molar-refractivity contribution < 1.29 is 9.53 Å². The van der Waals surface area contributed by atoms with Gasteiger partial charge in [-0.2, -0.15) is 0 Å². The maximum Gasteiger partial charge on any atom is 0.138 e. The van der Waals surface area contributed by atoms with Gasteiger partial charge in [0.25, 0.3) is 0 Å². The van der Waals surface area contributed by atoms with E-state index < -0.39 is 0 Å². The highest BCUT2D eigenvalue weighted by Gasteiger charge is 2.63. The molecule has 4 aliphatic carbocycles. The van der Waals surface area contributed by atoms with Gasteiger partial charge < -0.3 is 4.74 Å². The second-order valence-electron chi connectivity index (χ2n) is 14.2. The van der Waals surface area contributed by atoms with Gasteiger partial charge in [-0.25, -0.2) is 0 Å². The molecule has 7 atom stereocenters. The van der Waals surface area contributed by atoms with Gasteiger partial charge in [-0.1, -0.05) is 73.1 Å². The minimum Gasteiger partial charge on any atom is -0.377 e. The molecule has 2 saturated carbocycles. The number of rotatable bonds is 6. The molecule has 192 valence electrons. The number of Topliss-reactive ketones (excluding diaryl/α,β-unsaturated/α-hetero) is 1. The van der Waals surface area contributed by atoms with E-state index in [0.29, 0.717) is 34.4 Å². The number of carbonyl (C=O) groups is 1. The van der Waals surface area contributed by atoms with Crippen LogP contribution in [0.15, 0.2) is 23.3 Å². The fourth-order valence-electron chi connectivity index (χ4n) is 9.71. The van der Waals surface area contributed by atoms with Crippen molar-refractivity contribution in [3.8, 4) is 0 Å². The van der Waals surface area contributed by atoms with E-state index in [-0.39, 0.29) is 16.9 Å². The molecule has 4 rings (SSSR count). The van der Waals surface area contributed by atoms with Crippen LogP contribution in [0.1, 0.15) is 113 Å². The average Bonchev–Trinajstić information content (AvgIpc) is 3.06. The van der Waals surface area contributed by atoms with E-state index in [2.05, 4.69) is 62.0 Å². The molecule has 2 fully saturated rings. The lowest BCUT2D eigenvalue weighted by Gasteiger charge is -2.61. The summed E-state index contributed by atoms with van der Waals surface area (Å²) in [7, 11) is 1.86. The Morgan fingerprint density at radius 2 is 1.65 bits per heavy atom. The van der Waals surface area contributed by atoms with E-state index in [1.807, 2.05) is 12.7 Å². The Hall–Kier alpha value is -0.890. The predicted octanol–water partition coefficient (Wildman–Crippen LogP) is 8.56. The lowest BCUT2D eigenvalue weighted by atomic mass is 9.43. The van der Waals surface area contributed by atoms with Crippen LogP contribution in [0.25, 0.3) is 0 Å². The number of allylic oxidation sites excluding steroid dienone is 2. The number of ketones is 1. The van der Waals surface area contributed by atoms with Crippen molar-refractivity contribution in [2.24, 2.45) is 45.3 Å². The topological polar surface area (TPSA) is 26.3 Å². The zero-order valence-corrected chi connectivity index (χ0v) is 23.8. The van der Waals surface area contributed by atoms with Crippen LogP contribution >= 0.6 is 0 Å². The van der Waals surface area contributed by atoms with Crippen LogP contribution in [0.5, 0.6) is 0 Å². The fourth-order valence-corrected chi connectivity index (χ4v) is 9.71. The van der Waals surface area contributed by atoms with Crippen LogP contribution in [0, 0.1) is 45.3 Å². The van der Waals surface area contributed by atoms with Crippen LogP contribution in [-0.4, -0.2) is 19.0 Å². The number of hydrogen-bond donors (Lipinski definition) is 0. The maximum atomic E-state index is 12.9. The first kappa shape index (κ1) is 26.2. The summed E-state index contributed by atoms with van der Waals surface area (Å²) in [6, 6.07) is 0. The number of fused-ring (bicyclic) bond motifs is 4. The Balaban J connectivity index is 1.64. The number of ether oxygens (including phenoxy) is 1. The Morgan fingerprint density at radius 3 is 2.26 bits per heavy atom. The van der Waals surface area contributed by atoms with Crippen LogP contribution < -0.4 is 0 Å². The molecule has 0 N–H and O–H groups in total. The van der Waals surface area contributed by atoms with E-state index >= 15 is 0 Å². The molecule has 0 aromatic rings. The summed E-state index contributed by atoms with van der Waals surface area (Å²) in [4.78, 5) is 12.9. The van der Waals surface area contributed by atoms with Crippen molar-refractivity contribution in [1.29, 1.82) is 0 Å². The first-order valence-corrected chi connectivity index (χ1v) is 14.2. The van der Waals surface area contributed by atoms with Crippen molar-refractivity contribution in [2.75, 3.05) is 7.11 Å². The molecule has 0 amide bonds. The number of carbonyl (C=O) groups excluding carboxylic acids is 1. The Kier molecular flexibility index (Phi) is 6.62. The second-order valence-corrected chi connectivity index (χ2v) is 14.2. The first-order valence-electron chi connectivity index (χ1n) is 14.2. The van der Waals surface area contributed by atoms with Crippen molar-refractivity contribution >= 4 is 5.78 Å². The van der Waals surface area contributed by atoms with Crippen molar-refractivity contribution in [3.63, 3.8) is 0 Å². The van der Waals surface area contributed by atoms with Gasteiger partial charge in [0, 0.05) is 18.9 Å². The summed E-state index contributed by atoms with van der Waals surface area (Å²) in [6.07, 6.45) is 10.7. The number of methoxy groups -OCH3 is 1. The summed E-state index contributed by atoms with van der Waals surface area (Å²) in [5, 5.41) is 0. The molecular weight excluding hydrogens is 416 g/mol. The van der Waals surface area contributed by atoms with E-state index in [4.69, 9.17) is 4.74 Å². The average molecular weight is 469 g/mol. The molecule has 2 heteroatoms.